The topological polar surface area (TPSA) is 59.8 Å². The molecule has 0 aliphatic carbocycles. The van der Waals surface area contributed by atoms with E-state index in [1.165, 1.54) is 0 Å². The van der Waals surface area contributed by atoms with Crippen LogP contribution in [0.3, 0.4) is 0 Å². The van der Waals surface area contributed by atoms with Crippen LogP contribution in [-0.4, -0.2) is 27.2 Å². The molecule has 1 N–H and O–H groups in total. The molecule has 0 radical (unpaired) electrons. The Hall–Kier alpha value is -3.21. The number of rotatable bonds is 6. The number of hydrogen-bond acceptors (Lipinski definition) is 3. The highest BCUT2D eigenvalue weighted by molar-refractivity contribution is 5.91. The van der Waals surface area contributed by atoms with Gasteiger partial charge in [-0.3, -0.25) is 14.5 Å². The molecule has 0 aliphatic heterocycles. The quantitative estimate of drug-likeness (QED) is 0.706. The van der Waals surface area contributed by atoms with Crippen LogP contribution in [0.2, 0.25) is 0 Å². The zero-order valence-corrected chi connectivity index (χ0v) is 14.1. The van der Waals surface area contributed by atoms with E-state index >= 15 is 0 Å². The molecular weight excluding hydrogens is 312 g/mol. The fourth-order valence-electron chi connectivity index (χ4n) is 2.47. The van der Waals surface area contributed by atoms with Gasteiger partial charge in [0.15, 0.2) is 0 Å². The van der Waals surface area contributed by atoms with Gasteiger partial charge in [-0.1, -0.05) is 30.3 Å². The maximum atomic E-state index is 11.9. The van der Waals surface area contributed by atoms with E-state index in [-0.39, 0.29) is 5.91 Å². The predicted octanol–water partition coefficient (Wildman–Crippen LogP) is 3.08. The van der Waals surface area contributed by atoms with Crippen LogP contribution in [0.1, 0.15) is 11.3 Å². The molecule has 5 nitrogen and oxygen atoms in total. The van der Waals surface area contributed by atoms with Gasteiger partial charge in [0, 0.05) is 36.3 Å². The Morgan fingerprint density at radius 2 is 2.04 bits per heavy atom. The van der Waals surface area contributed by atoms with E-state index in [0.717, 1.165) is 22.5 Å². The molecule has 0 unspecified atom stereocenters. The summed E-state index contributed by atoms with van der Waals surface area (Å²) < 4.78 is 1.89. The molecule has 0 fully saturated rings. The number of hydrogen-bond donors (Lipinski definition) is 1. The largest absolute Gasteiger partial charge is 0.351 e. The lowest BCUT2D eigenvalue weighted by molar-refractivity contribution is -0.116. The van der Waals surface area contributed by atoms with Gasteiger partial charge in [0.25, 0.3) is 0 Å². The predicted molar refractivity (Wildman–Crippen MR) is 98.7 cm³/mol. The van der Waals surface area contributed by atoms with E-state index in [2.05, 4.69) is 15.4 Å². The fourth-order valence-corrected chi connectivity index (χ4v) is 2.47. The van der Waals surface area contributed by atoms with Crippen molar-refractivity contribution in [1.82, 2.24) is 20.1 Å². The summed E-state index contributed by atoms with van der Waals surface area (Å²) in [6.07, 6.45) is 6.88. The normalized spacial score (nSPS) is 10.9. The monoisotopic (exact) mass is 332 g/mol. The van der Waals surface area contributed by atoms with Gasteiger partial charge >= 0.3 is 0 Å². The molecule has 2 heterocycles. The van der Waals surface area contributed by atoms with Crippen molar-refractivity contribution in [3.05, 3.63) is 78.3 Å². The van der Waals surface area contributed by atoms with Crippen molar-refractivity contribution in [3.8, 4) is 11.3 Å². The number of carbonyl (C=O) groups excluding carboxylic acids is 1. The Kier molecular flexibility index (Phi) is 5.36. The van der Waals surface area contributed by atoms with Crippen LogP contribution in [0.4, 0.5) is 0 Å². The molecule has 25 heavy (non-hydrogen) atoms. The maximum Gasteiger partial charge on any atom is 0.244 e. The summed E-state index contributed by atoms with van der Waals surface area (Å²) >= 11 is 0. The van der Waals surface area contributed by atoms with Gasteiger partial charge in [-0.05, 0) is 36.8 Å². The molecule has 1 amide bonds. The Morgan fingerprint density at radius 1 is 1.20 bits per heavy atom. The van der Waals surface area contributed by atoms with Crippen LogP contribution < -0.4 is 5.32 Å². The van der Waals surface area contributed by atoms with Crippen LogP contribution in [0.5, 0.6) is 0 Å². The van der Waals surface area contributed by atoms with Gasteiger partial charge in [0.1, 0.15) is 0 Å². The molecule has 0 atom stereocenters. The molecule has 0 saturated heterocycles. The number of aryl methyl sites for hydroxylation is 1. The molecule has 3 rings (SSSR count). The van der Waals surface area contributed by atoms with Crippen LogP contribution in [0, 0.1) is 6.92 Å². The van der Waals surface area contributed by atoms with Crippen molar-refractivity contribution in [2.75, 3.05) is 6.54 Å². The highest BCUT2D eigenvalue weighted by atomic mass is 16.1. The first-order chi connectivity index (χ1) is 12.2. The second-order valence-corrected chi connectivity index (χ2v) is 5.67. The summed E-state index contributed by atoms with van der Waals surface area (Å²) in [5.74, 6) is -0.110. The molecule has 0 aliphatic rings. The fraction of sp³-hybridized carbons (Fsp3) is 0.150. The molecule has 2 aromatic heterocycles. The van der Waals surface area contributed by atoms with E-state index in [4.69, 9.17) is 0 Å². The molecule has 0 saturated carbocycles. The van der Waals surface area contributed by atoms with Crippen LogP contribution in [0.15, 0.2) is 67.0 Å². The number of nitrogens with zero attached hydrogens (tertiary/aromatic N) is 3. The SMILES string of the molecule is Cc1cc(-c2cccnc2)nn1CCNC(=O)/C=C/c1ccccc1. The van der Waals surface area contributed by atoms with Crippen LogP contribution in [0.25, 0.3) is 17.3 Å². The molecule has 0 bridgehead atoms. The van der Waals surface area contributed by atoms with Crippen molar-refractivity contribution >= 4 is 12.0 Å². The summed E-state index contributed by atoms with van der Waals surface area (Å²) in [7, 11) is 0. The van der Waals surface area contributed by atoms with Crippen LogP contribution >= 0.6 is 0 Å². The van der Waals surface area contributed by atoms with Crippen molar-refractivity contribution in [3.63, 3.8) is 0 Å². The van der Waals surface area contributed by atoms with Gasteiger partial charge in [-0.25, -0.2) is 0 Å². The second kappa shape index (κ2) is 8.06. The first kappa shape index (κ1) is 16.6. The van der Waals surface area contributed by atoms with E-state index in [0.29, 0.717) is 13.1 Å². The van der Waals surface area contributed by atoms with Crippen molar-refractivity contribution in [2.24, 2.45) is 0 Å². The second-order valence-electron chi connectivity index (χ2n) is 5.67. The Balaban J connectivity index is 1.53. The standard InChI is InChI=1S/C20H20N4O/c1-16-14-19(18-8-5-11-21-15-18)23-24(16)13-12-22-20(25)10-9-17-6-3-2-4-7-17/h2-11,14-15H,12-13H2,1H3,(H,22,25)/b10-9+. The number of nitrogens with one attached hydrogen (secondary N) is 1. The van der Waals surface area contributed by atoms with Gasteiger partial charge in [-0.2, -0.15) is 5.10 Å². The Bertz CT molecular complexity index is 854. The highest BCUT2D eigenvalue weighted by Crippen LogP contribution is 2.17. The molecule has 3 aromatic rings. The molecule has 1 aromatic carbocycles. The number of benzene rings is 1. The summed E-state index contributed by atoms with van der Waals surface area (Å²) in [6.45, 7) is 3.15. The summed E-state index contributed by atoms with van der Waals surface area (Å²) in [6, 6.07) is 15.6. The van der Waals surface area contributed by atoms with Gasteiger partial charge in [0.05, 0.1) is 12.2 Å². The van der Waals surface area contributed by atoms with E-state index < -0.39 is 0 Å². The third-order valence-electron chi connectivity index (χ3n) is 3.79. The minimum absolute atomic E-state index is 0.110. The zero-order valence-electron chi connectivity index (χ0n) is 14.1. The molecule has 5 heteroatoms. The Morgan fingerprint density at radius 3 is 2.80 bits per heavy atom. The number of amides is 1. The molecule has 0 spiro atoms. The van der Waals surface area contributed by atoms with Crippen molar-refractivity contribution < 1.29 is 4.79 Å². The lowest BCUT2D eigenvalue weighted by Crippen LogP contribution is -2.26. The average molecular weight is 332 g/mol. The smallest absolute Gasteiger partial charge is 0.244 e. The molecular formula is C20H20N4O. The number of carbonyl (C=O) groups is 1. The maximum absolute atomic E-state index is 11.9. The minimum Gasteiger partial charge on any atom is -0.351 e. The Labute approximate surface area is 147 Å². The number of aromatic nitrogens is 3. The summed E-state index contributed by atoms with van der Waals surface area (Å²) in [5.41, 5.74) is 3.93. The lowest BCUT2D eigenvalue weighted by Gasteiger charge is -2.05. The van der Waals surface area contributed by atoms with E-state index in [9.17, 15) is 4.79 Å². The van der Waals surface area contributed by atoms with Gasteiger partial charge < -0.3 is 5.32 Å². The van der Waals surface area contributed by atoms with E-state index in [1.807, 2.05) is 60.1 Å². The highest BCUT2D eigenvalue weighted by Gasteiger charge is 2.06. The lowest BCUT2D eigenvalue weighted by atomic mass is 10.2. The average Bonchev–Trinajstić information content (AvgIpc) is 3.02. The zero-order chi connectivity index (χ0) is 17.5. The van der Waals surface area contributed by atoms with Crippen molar-refractivity contribution in [1.29, 1.82) is 0 Å². The number of pyridine rings is 1. The first-order valence-corrected chi connectivity index (χ1v) is 8.18. The van der Waals surface area contributed by atoms with Crippen molar-refractivity contribution in [2.45, 2.75) is 13.5 Å². The third-order valence-corrected chi connectivity index (χ3v) is 3.79. The van der Waals surface area contributed by atoms with E-state index in [1.54, 1.807) is 24.5 Å². The minimum atomic E-state index is -0.110. The summed E-state index contributed by atoms with van der Waals surface area (Å²) in [5, 5.41) is 7.46. The van der Waals surface area contributed by atoms with Gasteiger partial charge in [0.2, 0.25) is 5.91 Å². The third kappa shape index (κ3) is 4.64. The first-order valence-electron chi connectivity index (χ1n) is 8.18. The molecule has 126 valence electrons. The van der Waals surface area contributed by atoms with Crippen LogP contribution in [-0.2, 0) is 11.3 Å². The summed E-state index contributed by atoms with van der Waals surface area (Å²) in [4.78, 5) is 16.0. The van der Waals surface area contributed by atoms with Gasteiger partial charge in [-0.15, -0.1) is 0 Å².